The summed E-state index contributed by atoms with van der Waals surface area (Å²) in [5.41, 5.74) is 3.17. The fourth-order valence-corrected chi connectivity index (χ4v) is 5.54. The van der Waals surface area contributed by atoms with Gasteiger partial charge in [0.05, 0.1) is 11.9 Å². The monoisotopic (exact) mass is 533 g/mol. The Bertz CT molecular complexity index is 1180. The first-order valence-electron chi connectivity index (χ1n) is 12.4. The van der Waals surface area contributed by atoms with Crippen molar-refractivity contribution in [3.63, 3.8) is 0 Å². The van der Waals surface area contributed by atoms with E-state index in [1.807, 2.05) is 39.0 Å². The third-order valence-electron chi connectivity index (χ3n) is 6.81. The summed E-state index contributed by atoms with van der Waals surface area (Å²) in [5, 5.41) is 3.67. The van der Waals surface area contributed by atoms with Gasteiger partial charge < -0.3 is 10.2 Å². The molecule has 0 heterocycles. The second kappa shape index (κ2) is 12.1. The van der Waals surface area contributed by atoms with Gasteiger partial charge in [-0.1, -0.05) is 49.6 Å². The molecule has 196 valence electrons. The van der Waals surface area contributed by atoms with E-state index in [0.29, 0.717) is 17.1 Å². The van der Waals surface area contributed by atoms with Crippen molar-refractivity contribution >= 4 is 39.1 Å². The van der Waals surface area contributed by atoms with Gasteiger partial charge in [0.1, 0.15) is 12.6 Å². The molecular weight excluding hydrogens is 498 g/mol. The number of amides is 2. The van der Waals surface area contributed by atoms with Gasteiger partial charge in [0.15, 0.2) is 0 Å². The molecule has 0 bridgehead atoms. The zero-order chi connectivity index (χ0) is 26.5. The van der Waals surface area contributed by atoms with Crippen LogP contribution in [0.2, 0.25) is 5.02 Å². The van der Waals surface area contributed by atoms with Crippen LogP contribution in [0.3, 0.4) is 0 Å². The third kappa shape index (κ3) is 7.23. The Morgan fingerprint density at radius 2 is 1.69 bits per heavy atom. The van der Waals surface area contributed by atoms with Crippen LogP contribution in [0.15, 0.2) is 42.5 Å². The van der Waals surface area contributed by atoms with Crippen LogP contribution in [0, 0.1) is 13.8 Å². The number of benzene rings is 2. The second-order valence-electron chi connectivity index (χ2n) is 9.60. The number of nitrogens with zero attached hydrogens (tertiary/aromatic N) is 2. The Morgan fingerprint density at radius 3 is 2.25 bits per heavy atom. The van der Waals surface area contributed by atoms with Crippen LogP contribution < -0.4 is 9.62 Å². The van der Waals surface area contributed by atoms with Crippen LogP contribution in [0.4, 0.5) is 5.69 Å². The lowest BCUT2D eigenvalue weighted by atomic mass is 10.1. The van der Waals surface area contributed by atoms with Gasteiger partial charge in [0, 0.05) is 17.6 Å². The molecule has 0 saturated heterocycles. The van der Waals surface area contributed by atoms with Crippen molar-refractivity contribution in [2.24, 2.45) is 0 Å². The van der Waals surface area contributed by atoms with Gasteiger partial charge in [-0.15, -0.1) is 0 Å². The largest absolute Gasteiger partial charge is 0.352 e. The second-order valence-corrected chi connectivity index (χ2v) is 11.9. The number of halogens is 1. The molecule has 2 amide bonds. The van der Waals surface area contributed by atoms with Gasteiger partial charge in [0.2, 0.25) is 21.8 Å². The van der Waals surface area contributed by atoms with Gasteiger partial charge in [-0.05, 0) is 74.1 Å². The van der Waals surface area contributed by atoms with E-state index in [9.17, 15) is 18.0 Å². The summed E-state index contributed by atoms with van der Waals surface area (Å²) in [5.74, 6) is -0.647. The van der Waals surface area contributed by atoms with E-state index in [0.717, 1.165) is 52.9 Å². The molecular formula is C27H36ClN3O4S. The van der Waals surface area contributed by atoms with Crippen molar-refractivity contribution in [2.75, 3.05) is 17.1 Å². The average molecular weight is 534 g/mol. The first kappa shape index (κ1) is 28.0. The van der Waals surface area contributed by atoms with Gasteiger partial charge in [-0.3, -0.25) is 13.9 Å². The number of anilines is 1. The van der Waals surface area contributed by atoms with Crippen molar-refractivity contribution in [3.05, 3.63) is 64.2 Å². The number of hydrogen-bond donors (Lipinski definition) is 1. The van der Waals surface area contributed by atoms with Crippen molar-refractivity contribution < 1.29 is 18.0 Å². The zero-order valence-electron chi connectivity index (χ0n) is 21.5. The Balaban J connectivity index is 1.92. The summed E-state index contributed by atoms with van der Waals surface area (Å²) in [7, 11) is -3.76. The first-order chi connectivity index (χ1) is 17.0. The van der Waals surface area contributed by atoms with E-state index in [2.05, 4.69) is 5.32 Å². The predicted octanol–water partition coefficient (Wildman–Crippen LogP) is 4.59. The molecule has 7 nitrogen and oxygen atoms in total. The maximum Gasteiger partial charge on any atom is 0.244 e. The van der Waals surface area contributed by atoms with E-state index in [-0.39, 0.29) is 18.5 Å². The highest BCUT2D eigenvalue weighted by atomic mass is 35.5. The quantitative estimate of drug-likeness (QED) is 0.484. The molecule has 2 aromatic rings. The average Bonchev–Trinajstić information content (AvgIpc) is 3.32. The molecule has 0 aliphatic heterocycles. The lowest BCUT2D eigenvalue weighted by Crippen LogP contribution is -2.53. The normalized spacial score (nSPS) is 14.9. The standard InChI is InChI=1S/C27H36ClN3O4S/c1-5-25(27(33)29-23-8-6-7-9-23)30(17-21-11-13-22(28)14-12-21)26(32)18-31(36(4,34)35)24-15-10-19(2)20(3)16-24/h10-16,23,25H,5-9,17-18H2,1-4H3,(H,29,33)/t25-/m0/s1. The Morgan fingerprint density at radius 1 is 1.06 bits per heavy atom. The van der Waals surface area contributed by atoms with Gasteiger partial charge in [0.25, 0.3) is 0 Å². The molecule has 1 aliphatic carbocycles. The maximum absolute atomic E-state index is 13.8. The van der Waals surface area contributed by atoms with E-state index in [1.54, 1.807) is 24.3 Å². The Labute approximate surface area is 219 Å². The zero-order valence-corrected chi connectivity index (χ0v) is 23.0. The lowest BCUT2D eigenvalue weighted by molar-refractivity contribution is -0.140. The van der Waals surface area contributed by atoms with Crippen molar-refractivity contribution in [1.29, 1.82) is 0 Å². The SMILES string of the molecule is CC[C@@H](C(=O)NC1CCCC1)N(Cc1ccc(Cl)cc1)C(=O)CN(c1ccc(C)c(C)c1)S(C)(=O)=O. The highest BCUT2D eigenvalue weighted by Crippen LogP contribution is 2.23. The fraction of sp³-hybridized carbons (Fsp3) is 0.481. The third-order valence-corrected chi connectivity index (χ3v) is 8.20. The van der Waals surface area contributed by atoms with Crippen LogP contribution in [0.25, 0.3) is 0 Å². The number of carbonyl (C=O) groups excluding carboxylic acids is 2. The fourth-order valence-electron chi connectivity index (χ4n) is 4.57. The molecule has 3 rings (SSSR count). The minimum Gasteiger partial charge on any atom is -0.352 e. The van der Waals surface area contributed by atoms with Gasteiger partial charge >= 0.3 is 0 Å². The molecule has 1 atom stereocenters. The van der Waals surface area contributed by atoms with Crippen LogP contribution >= 0.6 is 11.6 Å². The minimum atomic E-state index is -3.76. The smallest absolute Gasteiger partial charge is 0.244 e. The Kier molecular flexibility index (Phi) is 9.41. The molecule has 9 heteroatoms. The number of aryl methyl sites for hydroxylation is 2. The summed E-state index contributed by atoms with van der Waals surface area (Å²) in [6.07, 6.45) is 5.51. The van der Waals surface area contributed by atoms with E-state index < -0.39 is 28.5 Å². The molecule has 1 saturated carbocycles. The Hall–Kier alpha value is -2.58. The van der Waals surface area contributed by atoms with Gasteiger partial charge in [-0.25, -0.2) is 8.42 Å². The predicted molar refractivity (Wildman–Crippen MR) is 145 cm³/mol. The minimum absolute atomic E-state index is 0.113. The molecule has 1 N–H and O–H groups in total. The van der Waals surface area contributed by atoms with Crippen molar-refractivity contribution in [3.8, 4) is 0 Å². The lowest BCUT2D eigenvalue weighted by Gasteiger charge is -2.33. The number of carbonyl (C=O) groups is 2. The molecule has 1 aliphatic rings. The van der Waals surface area contributed by atoms with Crippen LogP contribution in [0.5, 0.6) is 0 Å². The summed E-state index contributed by atoms with van der Waals surface area (Å²) in [6, 6.07) is 11.8. The number of hydrogen-bond acceptors (Lipinski definition) is 4. The number of nitrogens with one attached hydrogen (secondary N) is 1. The van der Waals surface area contributed by atoms with E-state index in [4.69, 9.17) is 11.6 Å². The first-order valence-corrected chi connectivity index (χ1v) is 14.6. The number of sulfonamides is 1. The molecule has 0 spiro atoms. The number of rotatable bonds is 10. The molecule has 2 aromatic carbocycles. The molecule has 0 radical (unpaired) electrons. The van der Waals surface area contributed by atoms with Crippen molar-refractivity contribution in [1.82, 2.24) is 10.2 Å². The highest BCUT2D eigenvalue weighted by molar-refractivity contribution is 7.92. The van der Waals surface area contributed by atoms with E-state index in [1.165, 1.54) is 4.90 Å². The van der Waals surface area contributed by atoms with Crippen LogP contribution in [-0.4, -0.2) is 50.0 Å². The summed E-state index contributed by atoms with van der Waals surface area (Å²) < 4.78 is 26.6. The summed E-state index contributed by atoms with van der Waals surface area (Å²) in [4.78, 5) is 28.5. The highest BCUT2D eigenvalue weighted by Gasteiger charge is 2.33. The van der Waals surface area contributed by atoms with E-state index >= 15 is 0 Å². The molecule has 0 unspecified atom stereocenters. The van der Waals surface area contributed by atoms with Crippen LogP contribution in [-0.2, 0) is 26.2 Å². The summed E-state index contributed by atoms with van der Waals surface area (Å²) >= 11 is 6.04. The van der Waals surface area contributed by atoms with Gasteiger partial charge in [-0.2, -0.15) is 0 Å². The maximum atomic E-state index is 13.8. The van der Waals surface area contributed by atoms with Crippen LogP contribution in [0.1, 0.15) is 55.7 Å². The molecule has 0 aromatic heterocycles. The molecule has 36 heavy (non-hydrogen) atoms. The van der Waals surface area contributed by atoms with Crippen molar-refractivity contribution in [2.45, 2.75) is 71.5 Å². The summed E-state index contributed by atoms with van der Waals surface area (Å²) in [6.45, 7) is 5.46. The topological polar surface area (TPSA) is 86.8 Å². The molecule has 1 fully saturated rings.